The number of carboxylic acids is 1. The molecule has 112 valence electrons. The van der Waals surface area contributed by atoms with Crippen molar-refractivity contribution in [3.05, 3.63) is 35.3 Å². The largest absolute Gasteiger partial charge is 0.494 e. The van der Waals surface area contributed by atoms with E-state index in [9.17, 15) is 4.79 Å². The van der Waals surface area contributed by atoms with Crippen molar-refractivity contribution in [3.63, 3.8) is 0 Å². The SMILES string of the molecule is CCCOc1ccc(Nc2nc(CCC(=O)O)cs2)cc1. The van der Waals surface area contributed by atoms with E-state index in [-0.39, 0.29) is 6.42 Å². The fraction of sp³-hybridized carbons (Fsp3) is 0.333. The highest BCUT2D eigenvalue weighted by Crippen LogP contribution is 2.23. The van der Waals surface area contributed by atoms with E-state index < -0.39 is 5.97 Å². The van der Waals surface area contributed by atoms with Crippen LogP contribution in [0.2, 0.25) is 0 Å². The Labute approximate surface area is 127 Å². The molecule has 0 fully saturated rings. The molecule has 0 aliphatic rings. The van der Waals surface area contributed by atoms with Gasteiger partial charge < -0.3 is 15.2 Å². The number of thiazole rings is 1. The molecule has 0 aliphatic heterocycles. The Morgan fingerprint density at radius 3 is 2.81 bits per heavy atom. The number of benzene rings is 1. The highest BCUT2D eigenvalue weighted by molar-refractivity contribution is 7.13. The number of hydrogen-bond acceptors (Lipinski definition) is 5. The first-order valence-corrected chi connectivity index (χ1v) is 7.71. The highest BCUT2D eigenvalue weighted by Gasteiger charge is 2.05. The monoisotopic (exact) mass is 306 g/mol. The maximum Gasteiger partial charge on any atom is 0.303 e. The van der Waals surface area contributed by atoms with Crippen LogP contribution in [-0.2, 0) is 11.2 Å². The number of hydrogen-bond donors (Lipinski definition) is 2. The first-order valence-electron chi connectivity index (χ1n) is 6.83. The minimum atomic E-state index is -0.805. The van der Waals surface area contributed by atoms with Gasteiger partial charge in [-0.1, -0.05) is 6.92 Å². The summed E-state index contributed by atoms with van der Waals surface area (Å²) in [5.74, 6) is 0.0452. The van der Waals surface area contributed by atoms with E-state index in [1.165, 1.54) is 11.3 Å². The van der Waals surface area contributed by atoms with Gasteiger partial charge in [0.2, 0.25) is 0 Å². The number of aromatic nitrogens is 1. The second-order valence-electron chi connectivity index (χ2n) is 4.54. The van der Waals surface area contributed by atoms with E-state index in [2.05, 4.69) is 17.2 Å². The van der Waals surface area contributed by atoms with E-state index in [1.807, 2.05) is 29.6 Å². The third-order valence-electron chi connectivity index (χ3n) is 2.73. The van der Waals surface area contributed by atoms with Crippen LogP contribution in [0.4, 0.5) is 10.8 Å². The predicted octanol–water partition coefficient (Wildman–Crippen LogP) is 3.69. The molecule has 0 aliphatic carbocycles. The molecule has 0 atom stereocenters. The number of carboxylic acid groups (broad SMARTS) is 1. The van der Waals surface area contributed by atoms with Crippen LogP contribution < -0.4 is 10.1 Å². The highest BCUT2D eigenvalue weighted by atomic mass is 32.1. The van der Waals surface area contributed by atoms with Gasteiger partial charge in [0.15, 0.2) is 5.13 Å². The molecule has 0 saturated carbocycles. The molecule has 21 heavy (non-hydrogen) atoms. The van der Waals surface area contributed by atoms with Crippen LogP contribution in [0.15, 0.2) is 29.6 Å². The first kappa shape index (κ1) is 15.3. The number of carbonyl (C=O) groups is 1. The standard InChI is InChI=1S/C15H18N2O3S/c1-2-9-20-13-6-3-11(4-7-13)16-15-17-12(10-21-15)5-8-14(18)19/h3-4,6-7,10H,2,5,8-9H2,1H3,(H,16,17)(H,18,19). The summed E-state index contributed by atoms with van der Waals surface area (Å²) in [4.78, 5) is 14.9. The normalized spacial score (nSPS) is 10.3. The van der Waals surface area contributed by atoms with E-state index in [0.717, 1.165) is 28.7 Å². The Hall–Kier alpha value is -2.08. The molecule has 5 nitrogen and oxygen atoms in total. The van der Waals surface area contributed by atoms with Crippen LogP contribution in [0.3, 0.4) is 0 Å². The van der Waals surface area contributed by atoms with Crippen molar-refractivity contribution >= 4 is 28.1 Å². The lowest BCUT2D eigenvalue weighted by Crippen LogP contribution is -1.98. The van der Waals surface area contributed by atoms with E-state index in [1.54, 1.807) is 0 Å². The molecule has 0 bridgehead atoms. The van der Waals surface area contributed by atoms with Crippen molar-refractivity contribution in [1.82, 2.24) is 4.98 Å². The summed E-state index contributed by atoms with van der Waals surface area (Å²) in [5, 5.41) is 14.5. The summed E-state index contributed by atoms with van der Waals surface area (Å²) >= 11 is 1.47. The van der Waals surface area contributed by atoms with Crippen LogP contribution in [0.5, 0.6) is 5.75 Å². The van der Waals surface area contributed by atoms with E-state index in [0.29, 0.717) is 13.0 Å². The van der Waals surface area contributed by atoms with Crippen molar-refractivity contribution in [2.75, 3.05) is 11.9 Å². The summed E-state index contributed by atoms with van der Waals surface area (Å²) in [6, 6.07) is 7.69. The number of ether oxygens (including phenoxy) is 1. The van der Waals surface area contributed by atoms with Crippen LogP contribution in [0.1, 0.15) is 25.5 Å². The summed E-state index contributed by atoms with van der Waals surface area (Å²) in [6.07, 6.45) is 1.54. The van der Waals surface area contributed by atoms with Crippen molar-refractivity contribution in [2.24, 2.45) is 0 Å². The lowest BCUT2D eigenvalue weighted by Gasteiger charge is -2.06. The number of anilines is 2. The summed E-state index contributed by atoms with van der Waals surface area (Å²) < 4.78 is 5.52. The summed E-state index contributed by atoms with van der Waals surface area (Å²) in [6.45, 7) is 2.78. The Balaban J connectivity index is 1.90. The van der Waals surface area contributed by atoms with E-state index in [4.69, 9.17) is 9.84 Å². The number of aryl methyl sites for hydroxylation is 1. The summed E-state index contributed by atoms with van der Waals surface area (Å²) in [7, 11) is 0. The molecular formula is C15H18N2O3S. The third kappa shape index (κ3) is 5.07. The first-order chi connectivity index (χ1) is 10.2. The minimum absolute atomic E-state index is 0.104. The van der Waals surface area contributed by atoms with Gasteiger partial charge in [-0.25, -0.2) is 4.98 Å². The molecule has 0 unspecified atom stereocenters. The topological polar surface area (TPSA) is 71.5 Å². The van der Waals surface area contributed by atoms with Gasteiger partial charge in [-0.05, 0) is 30.7 Å². The molecule has 2 N–H and O–H groups in total. The van der Waals surface area contributed by atoms with Crippen LogP contribution in [-0.4, -0.2) is 22.7 Å². The number of nitrogens with zero attached hydrogens (tertiary/aromatic N) is 1. The third-order valence-corrected chi connectivity index (χ3v) is 3.53. The molecule has 0 radical (unpaired) electrons. The van der Waals surface area contributed by atoms with Gasteiger partial charge in [-0.2, -0.15) is 0 Å². The quantitative estimate of drug-likeness (QED) is 0.778. The molecule has 0 saturated heterocycles. The molecule has 2 rings (SSSR count). The average Bonchev–Trinajstić information content (AvgIpc) is 2.92. The number of aliphatic carboxylic acids is 1. The van der Waals surface area contributed by atoms with Gasteiger partial charge in [-0.15, -0.1) is 11.3 Å². The van der Waals surface area contributed by atoms with Crippen molar-refractivity contribution in [1.29, 1.82) is 0 Å². The van der Waals surface area contributed by atoms with Gasteiger partial charge in [-0.3, -0.25) is 4.79 Å². The molecule has 0 amide bonds. The summed E-state index contributed by atoms with van der Waals surface area (Å²) in [5.41, 5.74) is 1.73. The van der Waals surface area contributed by atoms with Gasteiger partial charge in [0.05, 0.1) is 18.7 Å². The Bertz CT molecular complexity index is 581. The van der Waals surface area contributed by atoms with Gasteiger partial charge in [0, 0.05) is 17.5 Å². The Morgan fingerprint density at radius 2 is 2.14 bits per heavy atom. The molecule has 1 aromatic carbocycles. The number of nitrogens with one attached hydrogen (secondary N) is 1. The molecule has 1 aromatic heterocycles. The molecule has 2 aromatic rings. The number of rotatable bonds is 8. The van der Waals surface area contributed by atoms with Crippen LogP contribution in [0.25, 0.3) is 0 Å². The van der Waals surface area contributed by atoms with Crippen LogP contribution in [0, 0.1) is 0 Å². The molecule has 1 heterocycles. The second-order valence-corrected chi connectivity index (χ2v) is 5.39. The second kappa shape index (κ2) is 7.64. The Kier molecular flexibility index (Phi) is 5.57. The zero-order valence-electron chi connectivity index (χ0n) is 11.8. The van der Waals surface area contributed by atoms with Crippen LogP contribution >= 0.6 is 11.3 Å². The molecular weight excluding hydrogens is 288 g/mol. The zero-order valence-corrected chi connectivity index (χ0v) is 12.7. The van der Waals surface area contributed by atoms with Crippen molar-refractivity contribution in [2.45, 2.75) is 26.2 Å². The van der Waals surface area contributed by atoms with E-state index >= 15 is 0 Å². The average molecular weight is 306 g/mol. The van der Waals surface area contributed by atoms with Crippen molar-refractivity contribution < 1.29 is 14.6 Å². The molecule has 6 heteroatoms. The lowest BCUT2D eigenvalue weighted by atomic mass is 10.2. The molecule has 0 spiro atoms. The Morgan fingerprint density at radius 1 is 1.38 bits per heavy atom. The minimum Gasteiger partial charge on any atom is -0.494 e. The zero-order chi connectivity index (χ0) is 15.1. The van der Waals surface area contributed by atoms with Gasteiger partial charge >= 0.3 is 5.97 Å². The maximum absolute atomic E-state index is 10.5. The lowest BCUT2D eigenvalue weighted by molar-refractivity contribution is -0.136. The smallest absolute Gasteiger partial charge is 0.303 e. The van der Waals surface area contributed by atoms with Gasteiger partial charge in [0.1, 0.15) is 5.75 Å². The fourth-order valence-corrected chi connectivity index (χ4v) is 2.46. The van der Waals surface area contributed by atoms with Crippen molar-refractivity contribution in [3.8, 4) is 5.75 Å². The maximum atomic E-state index is 10.5. The fourth-order valence-electron chi connectivity index (χ4n) is 1.69. The van der Waals surface area contributed by atoms with Gasteiger partial charge in [0.25, 0.3) is 0 Å². The predicted molar refractivity (Wildman–Crippen MR) is 83.6 cm³/mol.